The predicted octanol–water partition coefficient (Wildman–Crippen LogP) is 5.52. The Morgan fingerprint density at radius 1 is 0.571 bits per heavy atom. The minimum absolute atomic E-state index is 1.19. The number of hydrogen-bond donors (Lipinski definition) is 0. The Bertz CT molecular complexity index is 548. The second kappa shape index (κ2) is 5.28. The fraction of sp³-hybridized carbons (Fsp3) is 0.333. The Morgan fingerprint density at radius 3 is 1.14 bits per heavy atom. The van der Waals surface area contributed by atoms with Gasteiger partial charge in [0, 0.05) is 0 Å². The highest BCUT2D eigenvalue weighted by molar-refractivity contribution is 9.12. The summed E-state index contributed by atoms with van der Waals surface area (Å²) in [6.07, 6.45) is 0. The largest absolute Gasteiger partial charge is 0.351 e. The van der Waals surface area contributed by atoms with Crippen molar-refractivity contribution >= 4 is 31.9 Å². The zero-order chi connectivity index (χ0) is 17.0. The molecule has 12 heteroatoms. The van der Waals surface area contributed by atoms with E-state index < -0.39 is 50.0 Å². The Labute approximate surface area is 126 Å². The fourth-order valence-corrected chi connectivity index (χ4v) is 1.66. The van der Waals surface area contributed by atoms with Gasteiger partial charge in [-0.1, -0.05) is 0 Å². The van der Waals surface area contributed by atoms with Gasteiger partial charge in [0.15, 0.2) is 23.3 Å². The molecule has 0 bridgehead atoms. The lowest BCUT2D eigenvalue weighted by molar-refractivity contribution is -0.164. The maximum Gasteiger partial charge on any atom is 0.351 e. The molecule has 1 aromatic rings. The number of benzene rings is 1. The summed E-state index contributed by atoms with van der Waals surface area (Å²) in [6, 6.07) is 0. The van der Waals surface area contributed by atoms with Gasteiger partial charge in [-0.15, -0.1) is 0 Å². The molecule has 0 radical (unpaired) electrons. The average Bonchev–Trinajstić information content (AvgIpc) is 2.32. The Hall–Kier alpha value is -0.520. The molecule has 0 amide bonds. The summed E-state index contributed by atoms with van der Waals surface area (Å²) in [5.41, 5.74) is -3.03. The summed E-state index contributed by atoms with van der Waals surface area (Å²) >= 11 is 2.40. The standard InChI is InChI=1S/C9Br2F10/c10-8(19,9(11,20)21)7(17,18)1-2(12)4(14)6(16)5(15)3(1)13/t8-/m0/s1. The minimum atomic E-state index is -5.82. The molecular weight excluding hydrogens is 458 g/mol. The van der Waals surface area contributed by atoms with Crippen LogP contribution in [0.25, 0.3) is 0 Å². The molecule has 0 unspecified atom stereocenters. The predicted molar refractivity (Wildman–Crippen MR) is 56.8 cm³/mol. The zero-order valence-electron chi connectivity index (χ0n) is 9.04. The minimum Gasteiger partial charge on any atom is -0.216 e. The van der Waals surface area contributed by atoms with Crippen molar-refractivity contribution in [2.24, 2.45) is 0 Å². The monoisotopic (exact) mass is 456 g/mol. The van der Waals surface area contributed by atoms with Crippen molar-refractivity contribution in [3.05, 3.63) is 34.6 Å². The van der Waals surface area contributed by atoms with Gasteiger partial charge in [0.1, 0.15) is 5.56 Å². The van der Waals surface area contributed by atoms with Crippen LogP contribution in [0.4, 0.5) is 43.9 Å². The van der Waals surface area contributed by atoms with Crippen LogP contribution in [-0.2, 0) is 5.92 Å². The molecule has 0 N–H and O–H groups in total. The topological polar surface area (TPSA) is 0 Å². The molecule has 1 aromatic carbocycles. The maximum absolute atomic E-state index is 13.6. The van der Waals surface area contributed by atoms with E-state index in [4.69, 9.17) is 0 Å². The first kappa shape index (κ1) is 18.5. The molecule has 0 fully saturated rings. The first-order valence-electron chi connectivity index (χ1n) is 4.52. The van der Waals surface area contributed by atoms with E-state index in [0.717, 1.165) is 0 Å². The van der Waals surface area contributed by atoms with E-state index in [1.165, 1.54) is 31.9 Å². The molecule has 120 valence electrons. The van der Waals surface area contributed by atoms with E-state index in [1.54, 1.807) is 0 Å². The molecule has 0 aromatic heterocycles. The summed E-state index contributed by atoms with van der Waals surface area (Å²) in [6.45, 7) is 0. The summed E-state index contributed by atoms with van der Waals surface area (Å²) in [5.74, 6) is -20.5. The molecule has 21 heavy (non-hydrogen) atoms. The number of alkyl halides is 7. The van der Waals surface area contributed by atoms with Crippen molar-refractivity contribution in [1.29, 1.82) is 0 Å². The SMILES string of the molecule is Fc1c(F)c(F)c(C(F)(F)[C@@](F)(Br)C(F)(F)Br)c(F)c1F. The smallest absolute Gasteiger partial charge is 0.216 e. The number of rotatable bonds is 3. The van der Waals surface area contributed by atoms with Gasteiger partial charge >= 0.3 is 15.3 Å². The lowest BCUT2D eigenvalue weighted by Crippen LogP contribution is -2.48. The van der Waals surface area contributed by atoms with Crippen LogP contribution >= 0.6 is 31.9 Å². The molecule has 0 heterocycles. The highest BCUT2D eigenvalue weighted by atomic mass is 79.9. The third kappa shape index (κ3) is 2.64. The molecule has 1 atom stereocenters. The van der Waals surface area contributed by atoms with Crippen LogP contribution < -0.4 is 0 Å². The highest BCUT2D eigenvalue weighted by Crippen LogP contribution is 2.57. The Morgan fingerprint density at radius 2 is 0.857 bits per heavy atom. The van der Waals surface area contributed by atoms with Gasteiger partial charge in [-0.05, 0) is 31.9 Å². The third-order valence-electron chi connectivity index (χ3n) is 2.27. The van der Waals surface area contributed by atoms with Crippen molar-refractivity contribution < 1.29 is 43.9 Å². The normalized spacial score (nSPS) is 16.0. The second-order valence-corrected chi connectivity index (χ2v) is 5.68. The molecule has 0 saturated carbocycles. The van der Waals surface area contributed by atoms with E-state index in [0.29, 0.717) is 0 Å². The quantitative estimate of drug-likeness (QED) is 0.242. The van der Waals surface area contributed by atoms with Crippen molar-refractivity contribution in [3.63, 3.8) is 0 Å². The van der Waals surface area contributed by atoms with Gasteiger partial charge in [-0.25, -0.2) is 26.3 Å². The van der Waals surface area contributed by atoms with Crippen LogP contribution in [0.5, 0.6) is 0 Å². The molecular formula is C9Br2F10. The van der Waals surface area contributed by atoms with Crippen LogP contribution in [-0.4, -0.2) is 9.41 Å². The number of halogens is 12. The van der Waals surface area contributed by atoms with Crippen LogP contribution in [0.2, 0.25) is 0 Å². The van der Waals surface area contributed by atoms with Gasteiger partial charge in [-0.2, -0.15) is 17.6 Å². The van der Waals surface area contributed by atoms with E-state index in [2.05, 4.69) is 0 Å². The van der Waals surface area contributed by atoms with Gasteiger partial charge in [-0.3, -0.25) is 0 Å². The maximum atomic E-state index is 13.6. The van der Waals surface area contributed by atoms with Gasteiger partial charge in [0.25, 0.3) is 0 Å². The van der Waals surface area contributed by atoms with Gasteiger partial charge < -0.3 is 0 Å². The Kier molecular flexibility index (Phi) is 4.66. The molecule has 0 spiro atoms. The van der Waals surface area contributed by atoms with Gasteiger partial charge in [0.2, 0.25) is 5.82 Å². The fourth-order valence-electron chi connectivity index (χ4n) is 1.22. The first-order valence-corrected chi connectivity index (χ1v) is 6.10. The van der Waals surface area contributed by atoms with Crippen LogP contribution in [0.15, 0.2) is 0 Å². The molecule has 0 aliphatic carbocycles. The lowest BCUT2D eigenvalue weighted by Gasteiger charge is -2.32. The van der Waals surface area contributed by atoms with Crippen molar-refractivity contribution in [2.75, 3.05) is 0 Å². The first-order chi connectivity index (χ1) is 9.18. The van der Waals surface area contributed by atoms with E-state index in [-0.39, 0.29) is 0 Å². The molecule has 0 aliphatic heterocycles. The zero-order valence-corrected chi connectivity index (χ0v) is 12.2. The third-order valence-corrected chi connectivity index (χ3v) is 4.35. The lowest BCUT2D eigenvalue weighted by atomic mass is 10.0. The van der Waals surface area contributed by atoms with E-state index in [9.17, 15) is 43.9 Å². The summed E-state index contributed by atoms with van der Waals surface area (Å²) in [4.78, 5) is -5.11. The molecule has 0 aliphatic rings. The van der Waals surface area contributed by atoms with Crippen molar-refractivity contribution in [3.8, 4) is 0 Å². The van der Waals surface area contributed by atoms with Crippen molar-refractivity contribution in [1.82, 2.24) is 0 Å². The Balaban J connectivity index is 3.76. The van der Waals surface area contributed by atoms with Crippen LogP contribution in [0.1, 0.15) is 5.56 Å². The van der Waals surface area contributed by atoms with Gasteiger partial charge in [0.05, 0.1) is 0 Å². The van der Waals surface area contributed by atoms with E-state index >= 15 is 0 Å². The number of hydrogen-bond acceptors (Lipinski definition) is 0. The summed E-state index contributed by atoms with van der Waals surface area (Å²) in [5, 5.41) is 0. The highest BCUT2D eigenvalue weighted by Gasteiger charge is 2.70. The average molecular weight is 458 g/mol. The molecule has 0 saturated heterocycles. The van der Waals surface area contributed by atoms with Crippen LogP contribution in [0, 0.1) is 29.1 Å². The summed E-state index contributed by atoms with van der Waals surface area (Å²) < 4.78 is 126. The second-order valence-electron chi connectivity index (χ2n) is 3.59. The van der Waals surface area contributed by atoms with Crippen LogP contribution in [0.3, 0.4) is 0 Å². The molecule has 1 rings (SSSR count). The summed E-state index contributed by atoms with van der Waals surface area (Å²) in [7, 11) is 0. The van der Waals surface area contributed by atoms with Crippen molar-refractivity contribution in [2.45, 2.75) is 15.3 Å². The van der Waals surface area contributed by atoms with E-state index in [1.807, 2.05) is 0 Å². The molecule has 0 nitrogen and oxygen atoms in total.